The summed E-state index contributed by atoms with van der Waals surface area (Å²) in [4.78, 5) is 34.8. The van der Waals surface area contributed by atoms with Crippen LogP contribution < -0.4 is 10.6 Å². The number of carbonyl (C=O) groups is 3. The summed E-state index contributed by atoms with van der Waals surface area (Å²) in [7, 11) is 0. The molecule has 6 nitrogen and oxygen atoms in total. The lowest BCUT2D eigenvalue weighted by Gasteiger charge is -2.17. The molecule has 2 N–H and O–H groups in total. The van der Waals surface area contributed by atoms with Crippen molar-refractivity contribution in [1.82, 2.24) is 5.32 Å². The van der Waals surface area contributed by atoms with E-state index in [1.807, 2.05) is 18.2 Å². The highest BCUT2D eigenvalue weighted by atomic mass is 16.5. The largest absolute Gasteiger partial charge is 0.451 e. The van der Waals surface area contributed by atoms with Gasteiger partial charge >= 0.3 is 5.97 Å². The minimum Gasteiger partial charge on any atom is -0.451 e. The van der Waals surface area contributed by atoms with Crippen LogP contribution in [-0.4, -0.2) is 29.9 Å². The van der Waals surface area contributed by atoms with Crippen molar-refractivity contribution < 1.29 is 19.1 Å². The average molecular weight is 318 g/mol. The molecular formula is C17H22N2O4. The first-order valence-corrected chi connectivity index (χ1v) is 7.77. The molecule has 6 heteroatoms. The van der Waals surface area contributed by atoms with Crippen LogP contribution >= 0.6 is 0 Å². The van der Waals surface area contributed by atoms with Gasteiger partial charge in [-0.3, -0.25) is 9.59 Å². The minimum absolute atomic E-state index is 0.329. The van der Waals surface area contributed by atoms with Crippen LogP contribution in [0.3, 0.4) is 0 Å². The van der Waals surface area contributed by atoms with Gasteiger partial charge in [0.25, 0.3) is 5.91 Å². The second-order valence-electron chi connectivity index (χ2n) is 5.83. The van der Waals surface area contributed by atoms with Crippen molar-refractivity contribution in [3.05, 3.63) is 29.3 Å². The number of hydrogen-bond acceptors (Lipinski definition) is 4. The number of carbonyl (C=O) groups excluding carboxylic acids is 3. The van der Waals surface area contributed by atoms with Gasteiger partial charge in [-0.05, 0) is 56.4 Å². The zero-order chi connectivity index (χ0) is 17.0. The van der Waals surface area contributed by atoms with Crippen LogP contribution in [0.15, 0.2) is 18.2 Å². The number of aryl methyl sites for hydroxylation is 2. The molecule has 1 aromatic carbocycles. The summed E-state index contributed by atoms with van der Waals surface area (Å²) >= 11 is 0. The Morgan fingerprint density at radius 1 is 1.13 bits per heavy atom. The molecule has 23 heavy (non-hydrogen) atoms. The molecule has 0 radical (unpaired) electrons. The molecule has 0 heterocycles. The van der Waals surface area contributed by atoms with Gasteiger partial charge in [0.15, 0.2) is 6.10 Å². The van der Waals surface area contributed by atoms with Gasteiger partial charge in [0.1, 0.15) is 6.04 Å². The summed E-state index contributed by atoms with van der Waals surface area (Å²) in [5, 5.41) is 5.17. The molecule has 1 aromatic rings. The Morgan fingerprint density at radius 3 is 2.52 bits per heavy atom. The maximum absolute atomic E-state index is 12.1. The molecule has 0 aromatic heterocycles. The van der Waals surface area contributed by atoms with Crippen molar-refractivity contribution in [1.29, 1.82) is 0 Å². The van der Waals surface area contributed by atoms with Crippen molar-refractivity contribution in [2.24, 2.45) is 0 Å². The Hall–Kier alpha value is -2.37. The Bertz CT molecular complexity index is 627. The molecule has 0 saturated heterocycles. The molecule has 2 rings (SSSR count). The molecule has 1 aliphatic rings. The predicted octanol–water partition coefficient (Wildman–Crippen LogP) is 1.57. The Morgan fingerprint density at radius 2 is 1.83 bits per heavy atom. The zero-order valence-corrected chi connectivity index (χ0v) is 13.6. The predicted molar refractivity (Wildman–Crippen MR) is 85.9 cm³/mol. The SMILES string of the molecule is CC(=O)NC(C)C(=O)OC(C)C(=O)Nc1ccc2c(c1)CCC2. The van der Waals surface area contributed by atoms with E-state index >= 15 is 0 Å². The van der Waals surface area contributed by atoms with E-state index < -0.39 is 24.0 Å². The summed E-state index contributed by atoms with van der Waals surface area (Å²) in [6.07, 6.45) is 2.31. The van der Waals surface area contributed by atoms with Crippen LogP contribution in [0.2, 0.25) is 0 Å². The number of nitrogens with one attached hydrogen (secondary N) is 2. The topological polar surface area (TPSA) is 84.5 Å². The van der Waals surface area contributed by atoms with Crippen LogP contribution in [-0.2, 0) is 32.0 Å². The number of amides is 2. The number of esters is 1. The van der Waals surface area contributed by atoms with Crippen LogP contribution in [0.4, 0.5) is 5.69 Å². The summed E-state index contributed by atoms with van der Waals surface area (Å²) in [5.74, 6) is -1.37. The summed E-state index contributed by atoms with van der Waals surface area (Å²) in [5.41, 5.74) is 3.28. The first kappa shape index (κ1) is 17.0. The van der Waals surface area contributed by atoms with Gasteiger partial charge in [-0.25, -0.2) is 4.79 Å². The number of ether oxygens (including phenoxy) is 1. The van der Waals surface area contributed by atoms with Crippen molar-refractivity contribution >= 4 is 23.5 Å². The highest BCUT2D eigenvalue weighted by Gasteiger charge is 2.22. The lowest BCUT2D eigenvalue weighted by Crippen LogP contribution is -2.41. The number of anilines is 1. The highest BCUT2D eigenvalue weighted by molar-refractivity contribution is 5.95. The molecule has 0 fully saturated rings. The third-order valence-electron chi connectivity index (χ3n) is 3.80. The highest BCUT2D eigenvalue weighted by Crippen LogP contribution is 2.24. The van der Waals surface area contributed by atoms with E-state index in [0.717, 1.165) is 19.3 Å². The fraction of sp³-hybridized carbons (Fsp3) is 0.471. The van der Waals surface area contributed by atoms with E-state index in [2.05, 4.69) is 10.6 Å². The molecule has 0 saturated carbocycles. The van der Waals surface area contributed by atoms with E-state index in [1.54, 1.807) is 0 Å². The molecular weight excluding hydrogens is 296 g/mol. The molecule has 2 amide bonds. The van der Waals surface area contributed by atoms with Crippen LogP contribution in [0.25, 0.3) is 0 Å². The van der Waals surface area contributed by atoms with E-state index in [4.69, 9.17) is 4.74 Å². The minimum atomic E-state index is -0.938. The second-order valence-corrected chi connectivity index (χ2v) is 5.83. The average Bonchev–Trinajstić information content (AvgIpc) is 2.93. The third kappa shape index (κ3) is 4.55. The van der Waals surface area contributed by atoms with Gasteiger partial charge in [0.05, 0.1) is 0 Å². The lowest BCUT2D eigenvalue weighted by atomic mass is 10.1. The normalized spacial score (nSPS) is 15.3. The summed E-state index contributed by atoms with van der Waals surface area (Å²) < 4.78 is 5.07. The molecule has 1 aliphatic carbocycles. The standard InChI is InChI=1S/C17H22N2O4/c1-10(18-12(3)20)17(22)23-11(2)16(21)19-15-8-7-13-5-4-6-14(13)9-15/h7-11H,4-6H2,1-3H3,(H,18,20)(H,19,21). The van der Waals surface area contributed by atoms with E-state index in [9.17, 15) is 14.4 Å². The maximum Gasteiger partial charge on any atom is 0.329 e. The summed E-state index contributed by atoms with van der Waals surface area (Å²) in [6, 6.07) is 5.06. The van der Waals surface area contributed by atoms with Gasteiger partial charge in [0.2, 0.25) is 5.91 Å². The Balaban J connectivity index is 1.90. The number of hydrogen-bond donors (Lipinski definition) is 2. The quantitative estimate of drug-likeness (QED) is 0.807. The number of rotatable bonds is 5. The van der Waals surface area contributed by atoms with Gasteiger partial charge in [0, 0.05) is 12.6 Å². The smallest absolute Gasteiger partial charge is 0.329 e. The van der Waals surface area contributed by atoms with Crippen molar-refractivity contribution in [2.45, 2.75) is 52.2 Å². The second kappa shape index (κ2) is 7.26. The van der Waals surface area contributed by atoms with Gasteiger partial charge in [-0.15, -0.1) is 0 Å². The van der Waals surface area contributed by atoms with Crippen LogP contribution in [0.1, 0.15) is 38.3 Å². The fourth-order valence-corrected chi connectivity index (χ4v) is 2.59. The molecule has 2 unspecified atom stereocenters. The fourth-order valence-electron chi connectivity index (χ4n) is 2.59. The lowest BCUT2D eigenvalue weighted by molar-refractivity contribution is -0.155. The van der Waals surface area contributed by atoms with Gasteiger partial charge in [-0.1, -0.05) is 6.07 Å². The summed E-state index contributed by atoms with van der Waals surface area (Å²) in [6.45, 7) is 4.32. The Kier molecular flexibility index (Phi) is 5.36. The molecule has 0 aliphatic heterocycles. The van der Waals surface area contributed by atoms with E-state index in [-0.39, 0.29) is 5.91 Å². The molecule has 0 spiro atoms. The van der Waals surface area contributed by atoms with Gasteiger partial charge < -0.3 is 15.4 Å². The number of fused-ring (bicyclic) bond motifs is 1. The van der Waals surface area contributed by atoms with E-state index in [1.165, 1.54) is 31.9 Å². The van der Waals surface area contributed by atoms with Crippen LogP contribution in [0, 0.1) is 0 Å². The molecule has 0 bridgehead atoms. The van der Waals surface area contributed by atoms with Crippen molar-refractivity contribution in [2.75, 3.05) is 5.32 Å². The maximum atomic E-state index is 12.1. The van der Waals surface area contributed by atoms with Crippen molar-refractivity contribution in [3.63, 3.8) is 0 Å². The Labute approximate surface area is 135 Å². The number of benzene rings is 1. The van der Waals surface area contributed by atoms with Crippen LogP contribution in [0.5, 0.6) is 0 Å². The van der Waals surface area contributed by atoms with E-state index in [0.29, 0.717) is 5.69 Å². The third-order valence-corrected chi connectivity index (χ3v) is 3.80. The first-order valence-electron chi connectivity index (χ1n) is 7.77. The van der Waals surface area contributed by atoms with Gasteiger partial charge in [-0.2, -0.15) is 0 Å². The molecule has 124 valence electrons. The zero-order valence-electron chi connectivity index (χ0n) is 13.6. The van der Waals surface area contributed by atoms with Crippen molar-refractivity contribution in [3.8, 4) is 0 Å². The first-order chi connectivity index (χ1) is 10.9. The molecule has 2 atom stereocenters. The monoisotopic (exact) mass is 318 g/mol.